The molecular formula is C26H27N3O3S2. The Kier molecular flexibility index (Phi) is 6.80. The molecule has 0 radical (unpaired) electrons. The van der Waals surface area contributed by atoms with Crippen molar-refractivity contribution in [3.05, 3.63) is 77.3 Å². The summed E-state index contributed by atoms with van der Waals surface area (Å²) in [5.41, 5.74) is 2.22. The zero-order valence-electron chi connectivity index (χ0n) is 19.2. The average molecular weight is 494 g/mol. The van der Waals surface area contributed by atoms with Crippen LogP contribution in [0.25, 0.3) is 10.8 Å². The Bertz CT molecular complexity index is 1300. The number of anilines is 1. The van der Waals surface area contributed by atoms with E-state index in [0.717, 1.165) is 28.8 Å². The second-order valence-corrected chi connectivity index (χ2v) is 10.4. The number of thiazole rings is 1. The number of nitrogens with zero attached hydrogens (tertiary/aromatic N) is 2. The van der Waals surface area contributed by atoms with Crippen molar-refractivity contribution in [2.24, 2.45) is 0 Å². The molecule has 0 amide bonds. The highest BCUT2D eigenvalue weighted by molar-refractivity contribution is 7.86. The van der Waals surface area contributed by atoms with Crippen molar-refractivity contribution < 1.29 is 13.7 Å². The fourth-order valence-corrected chi connectivity index (χ4v) is 6.44. The van der Waals surface area contributed by atoms with E-state index in [0.29, 0.717) is 29.2 Å². The van der Waals surface area contributed by atoms with Gasteiger partial charge in [0.05, 0.1) is 25.7 Å². The highest BCUT2D eigenvalue weighted by atomic mass is 32.2. The number of ether oxygens (including phenoxy) is 2. The highest BCUT2D eigenvalue weighted by Crippen LogP contribution is 2.33. The molecule has 2 atom stereocenters. The van der Waals surface area contributed by atoms with Gasteiger partial charge in [0, 0.05) is 29.2 Å². The Morgan fingerprint density at radius 2 is 2.06 bits per heavy atom. The van der Waals surface area contributed by atoms with E-state index in [9.17, 15) is 4.21 Å². The summed E-state index contributed by atoms with van der Waals surface area (Å²) in [5, 5.41) is 8.48. The van der Waals surface area contributed by atoms with Gasteiger partial charge >= 0.3 is 0 Å². The largest absolute Gasteiger partial charge is 0.497 e. The lowest BCUT2D eigenvalue weighted by molar-refractivity contribution is 0.391. The second-order valence-electron chi connectivity index (χ2n) is 8.16. The summed E-state index contributed by atoms with van der Waals surface area (Å²) in [6.45, 7) is 1.44. The van der Waals surface area contributed by atoms with Crippen LogP contribution >= 0.6 is 11.3 Å². The number of aromatic nitrogens is 1. The molecule has 0 saturated carbocycles. The van der Waals surface area contributed by atoms with Crippen LogP contribution < -0.4 is 19.1 Å². The summed E-state index contributed by atoms with van der Waals surface area (Å²) >= 11 is 1.47. The molecule has 6 nitrogen and oxygen atoms in total. The Hall–Kier alpha value is -2.94. The Balaban J connectivity index is 1.50. The van der Waals surface area contributed by atoms with Gasteiger partial charge in [-0.2, -0.15) is 0 Å². The summed E-state index contributed by atoms with van der Waals surface area (Å²) in [5.74, 6) is 1.40. The van der Waals surface area contributed by atoms with Crippen molar-refractivity contribution in [2.45, 2.75) is 30.3 Å². The van der Waals surface area contributed by atoms with E-state index in [-0.39, 0.29) is 0 Å². The Morgan fingerprint density at radius 3 is 2.79 bits per heavy atom. The molecule has 4 aromatic rings. The molecule has 0 spiro atoms. The lowest BCUT2D eigenvalue weighted by Crippen LogP contribution is -2.25. The molecule has 1 aliphatic heterocycles. The predicted molar refractivity (Wildman–Crippen MR) is 138 cm³/mol. The zero-order chi connectivity index (χ0) is 23.5. The number of benzene rings is 3. The number of hydrogen-bond acceptors (Lipinski definition) is 6. The molecule has 1 aromatic heterocycles. The Labute approximate surface area is 206 Å². The van der Waals surface area contributed by atoms with Crippen LogP contribution in [0.3, 0.4) is 0 Å². The third-order valence-electron chi connectivity index (χ3n) is 6.16. The standard InChI is InChI=1S/C26H27N3O3S2/c1-31-20-9-8-19(25(16-20)32-2)17-29(26-28-13-14-33-26)34(30)21-10-11-22-18(15-21)5-3-6-23(22)24-7-4-12-27-24/h3,5-6,8-11,13-16,24,27H,4,7,12,17H2,1-2H3. The van der Waals surface area contributed by atoms with E-state index in [1.807, 2.05) is 40.0 Å². The number of fused-ring (bicyclic) bond motifs is 1. The molecule has 1 saturated heterocycles. The van der Waals surface area contributed by atoms with Gasteiger partial charge in [-0.3, -0.25) is 4.31 Å². The molecule has 0 bridgehead atoms. The predicted octanol–water partition coefficient (Wildman–Crippen LogP) is 5.47. The quantitative estimate of drug-likeness (QED) is 0.353. The second kappa shape index (κ2) is 10.1. The van der Waals surface area contributed by atoms with Crippen molar-refractivity contribution >= 4 is 38.2 Å². The fraction of sp³-hybridized carbons (Fsp3) is 0.269. The highest BCUT2D eigenvalue weighted by Gasteiger charge is 2.23. The zero-order valence-corrected chi connectivity index (χ0v) is 20.8. The first-order valence-corrected chi connectivity index (χ1v) is 13.2. The molecule has 8 heteroatoms. The Morgan fingerprint density at radius 1 is 1.15 bits per heavy atom. The van der Waals surface area contributed by atoms with E-state index in [2.05, 4.69) is 34.6 Å². The SMILES string of the molecule is COc1ccc(CN(c2nccs2)S(=O)c2ccc3c(C4CCCN4)cccc3c2)c(OC)c1. The van der Waals surface area contributed by atoms with Crippen LogP contribution in [0.2, 0.25) is 0 Å². The van der Waals surface area contributed by atoms with Crippen LogP contribution in [0, 0.1) is 0 Å². The molecule has 5 rings (SSSR count). The van der Waals surface area contributed by atoms with Crippen LogP contribution in [-0.2, 0) is 17.5 Å². The topological polar surface area (TPSA) is 63.7 Å². The lowest BCUT2D eigenvalue weighted by atomic mass is 9.98. The molecule has 1 N–H and O–H groups in total. The number of hydrogen-bond donors (Lipinski definition) is 1. The maximum absolute atomic E-state index is 13.9. The van der Waals surface area contributed by atoms with Crippen molar-refractivity contribution in [3.63, 3.8) is 0 Å². The van der Waals surface area contributed by atoms with E-state index in [1.165, 1.54) is 28.7 Å². The summed E-state index contributed by atoms with van der Waals surface area (Å²) in [4.78, 5) is 5.20. The third-order valence-corrected chi connectivity index (χ3v) is 8.43. The molecule has 1 fully saturated rings. The van der Waals surface area contributed by atoms with Gasteiger partial charge in [-0.15, -0.1) is 11.3 Å². The molecule has 34 heavy (non-hydrogen) atoms. The van der Waals surface area contributed by atoms with Crippen LogP contribution in [-0.4, -0.2) is 30.0 Å². The van der Waals surface area contributed by atoms with Crippen LogP contribution in [0.5, 0.6) is 11.5 Å². The molecule has 2 unspecified atom stereocenters. The van der Waals surface area contributed by atoms with Crippen molar-refractivity contribution in [1.82, 2.24) is 10.3 Å². The van der Waals surface area contributed by atoms with Gasteiger partial charge in [-0.25, -0.2) is 9.19 Å². The maximum atomic E-state index is 13.9. The third kappa shape index (κ3) is 4.53. The molecule has 2 heterocycles. The normalized spacial score (nSPS) is 16.5. The monoisotopic (exact) mass is 493 g/mol. The smallest absolute Gasteiger partial charge is 0.197 e. The number of nitrogens with one attached hydrogen (secondary N) is 1. The summed E-state index contributed by atoms with van der Waals surface area (Å²) in [6, 6.07) is 18.5. The van der Waals surface area contributed by atoms with Crippen molar-refractivity contribution in [3.8, 4) is 11.5 Å². The van der Waals surface area contributed by atoms with E-state index in [1.54, 1.807) is 20.4 Å². The van der Waals surface area contributed by atoms with Gasteiger partial charge in [0.1, 0.15) is 11.5 Å². The molecule has 3 aromatic carbocycles. The average Bonchev–Trinajstić information content (AvgIpc) is 3.61. The van der Waals surface area contributed by atoms with Gasteiger partial charge in [0.15, 0.2) is 16.1 Å². The van der Waals surface area contributed by atoms with Gasteiger partial charge in [0.2, 0.25) is 0 Å². The first-order chi connectivity index (χ1) is 16.7. The maximum Gasteiger partial charge on any atom is 0.197 e. The van der Waals surface area contributed by atoms with E-state index < -0.39 is 11.0 Å². The fourth-order valence-electron chi connectivity index (χ4n) is 4.45. The van der Waals surface area contributed by atoms with E-state index >= 15 is 0 Å². The van der Waals surface area contributed by atoms with Crippen molar-refractivity contribution in [1.29, 1.82) is 0 Å². The molecule has 0 aliphatic carbocycles. The minimum absolute atomic E-state index is 0.384. The van der Waals surface area contributed by atoms with E-state index in [4.69, 9.17) is 9.47 Å². The van der Waals surface area contributed by atoms with Crippen LogP contribution in [0.1, 0.15) is 30.0 Å². The van der Waals surface area contributed by atoms with Crippen LogP contribution in [0.4, 0.5) is 5.13 Å². The van der Waals surface area contributed by atoms with Gasteiger partial charge in [-0.1, -0.05) is 24.3 Å². The van der Waals surface area contributed by atoms with Crippen LogP contribution in [0.15, 0.2) is 71.1 Å². The number of rotatable bonds is 8. The summed E-state index contributed by atoms with van der Waals surface area (Å²) in [6.07, 6.45) is 4.08. The van der Waals surface area contributed by atoms with Gasteiger partial charge in [0.25, 0.3) is 0 Å². The van der Waals surface area contributed by atoms with Crippen molar-refractivity contribution in [2.75, 3.05) is 25.1 Å². The first kappa shape index (κ1) is 22.8. The first-order valence-electron chi connectivity index (χ1n) is 11.2. The summed E-state index contributed by atoms with van der Waals surface area (Å²) in [7, 11) is 1.80. The molecule has 176 valence electrons. The van der Waals surface area contributed by atoms with Gasteiger partial charge in [-0.05, 0) is 60.0 Å². The lowest BCUT2D eigenvalue weighted by Gasteiger charge is -2.22. The molecule has 1 aliphatic rings. The minimum Gasteiger partial charge on any atom is -0.497 e. The van der Waals surface area contributed by atoms with Gasteiger partial charge < -0.3 is 14.8 Å². The number of methoxy groups -OCH3 is 2. The minimum atomic E-state index is -1.45. The molecular weight excluding hydrogens is 466 g/mol. The summed E-state index contributed by atoms with van der Waals surface area (Å²) < 4.78 is 26.6.